The van der Waals surface area contributed by atoms with Gasteiger partial charge in [0.15, 0.2) is 0 Å². The lowest BCUT2D eigenvalue weighted by molar-refractivity contribution is -0.131. The summed E-state index contributed by atoms with van der Waals surface area (Å²) in [4.78, 5) is 14.3. The Hall–Kier alpha value is -2.17. The maximum absolute atomic E-state index is 12.3. The molecule has 5 heteroatoms. The van der Waals surface area contributed by atoms with Gasteiger partial charge in [0, 0.05) is 24.6 Å². The fourth-order valence-corrected chi connectivity index (χ4v) is 3.45. The quantitative estimate of drug-likeness (QED) is 0.872. The Bertz CT molecular complexity index is 705. The largest absolute Gasteiger partial charge is 0.340 e. The van der Waals surface area contributed by atoms with Crippen molar-refractivity contribution in [2.24, 2.45) is 5.92 Å². The average molecular weight is 310 g/mol. The summed E-state index contributed by atoms with van der Waals surface area (Å²) in [5, 5.41) is 8.81. The van der Waals surface area contributed by atoms with Crippen LogP contribution in [-0.2, 0) is 11.2 Å². The molecule has 0 N–H and O–H groups in total. The molecule has 120 valence electrons. The van der Waals surface area contributed by atoms with Crippen molar-refractivity contribution in [2.75, 3.05) is 13.1 Å². The number of hydrogen-bond donors (Lipinski definition) is 0. The lowest BCUT2D eigenvalue weighted by Gasteiger charge is -2.17. The van der Waals surface area contributed by atoms with Crippen LogP contribution in [0.3, 0.4) is 0 Å². The number of hydrogen-bond acceptors (Lipinski definition) is 3. The van der Waals surface area contributed by atoms with Gasteiger partial charge >= 0.3 is 0 Å². The predicted octanol–water partition coefficient (Wildman–Crippen LogP) is 2.69. The number of carbonyl (C=O) groups is 1. The molecule has 1 saturated heterocycles. The second-order valence-corrected chi connectivity index (χ2v) is 6.55. The molecule has 0 radical (unpaired) electrons. The highest BCUT2D eigenvalue weighted by Crippen LogP contribution is 2.35. The summed E-state index contributed by atoms with van der Waals surface area (Å²) in [5.74, 6) is 0.633. The first kappa shape index (κ1) is 14.4. The number of carbonyl (C=O) groups excluding carboxylic acids is 1. The molecule has 2 aliphatic rings. The van der Waals surface area contributed by atoms with E-state index in [1.807, 2.05) is 27.8 Å². The second-order valence-electron chi connectivity index (χ2n) is 6.55. The molecule has 23 heavy (non-hydrogen) atoms. The average Bonchev–Trinajstić information content (AvgIpc) is 3.17. The number of amides is 1. The van der Waals surface area contributed by atoms with E-state index in [0.29, 0.717) is 11.8 Å². The lowest BCUT2D eigenvalue weighted by Crippen LogP contribution is -2.30. The van der Waals surface area contributed by atoms with Crippen LogP contribution in [0, 0.1) is 5.92 Å². The van der Waals surface area contributed by atoms with Gasteiger partial charge in [-0.1, -0.05) is 42.5 Å². The van der Waals surface area contributed by atoms with E-state index in [1.165, 1.54) is 0 Å². The molecule has 2 aromatic rings. The van der Waals surface area contributed by atoms with Crippen LogP contribution >= 0.6 is 0 Å². The molecule has 1 aromatic heterocycles. The van der Waals surface area contributed by atoms with Crippen molar-refractivity contribution in [3.63, 3.8) is 0 Å². The van der Waals surface area contributed by atoms with Gasteiger partial charge in [0.05, 0.1) is 17.4 Å². The second kappa shape index (κ2) is 5.80. The minimum absolute atomic E-state index is 0.237. The highest BCUT2D eigenvalue weighted by Gasteiger charge is 2.37. The Kier molecular flexibility index (Phi) is 3.63. The van der Waals surface area contributed by atoms with Crippen molar-refractivity contribution < 1.29 is 4.79 Å². The van der Waals surface area contributed by atoms with Crippen LogP contribution in [0.25, 0.3) is 11.3 Å². The number of aryl methyl sites for hydroxylation is 1. The highest BCUT2D eigenvalue weighted by molar-refractivity contribution is 5.81. The Morgan fingerprint density at radius 2 is 2.00 bits per heavy atom. The first-order chi connectivity index (χ1) is 11.3. The molecular weight excluding hydrogens is 288 g/mol. The zero-order valence-corrected chi connectivity index (χ0v) is 13.5. The Morgan fingerprint density at radius 3 is 2.70 bits per heavy atom. The number of benzene rings is 1. The van der Waals surface area contributed by atoms with Crippen LogP contribution in [-0.4, -0.2) is 38.9 Å². The third-order valence-electron chi connectivity index (χ3n) is 4.89. The number of rotatable bonds is 4. The van der Waals surface area contributed by atoms with E-state index in [-0.39, 0.29) is 6.04 Å². The smallest absolute Gasteiger partial charge is 0.225 e. The zero-order chi connectivity index (χ0) is 15.8. The van der Waals surface area contributed by atoms with Gasteiger partial charge in [0.1, 0.15) is 0 Å². The first-order valence-corrected chi connectivity index (χ1v) is 8.56. The summed E-state index contributed by atoms with van der Waals surface area (Å²) in [6.07, 6.45) is 3.96. The van der Waals surface area contributed by atoms with Crippen molar-refractivity contribution in [1.82, 2.24) is 19.9 Å². The SMILES string of the molecule is CCc1nnn(C2CCN(C(=O)C3CC3)C2)c1-c1ccccc1. The van der Waals surface area contributed by atoms with Crippen LogP contribution < -0.4 is 0 Å². The maximum atomic E-state index is 12.3. The van der Waals surface area contributed by atoms with Gasteiger partial charge in [0.25, 0.3) is 0 Å². The highest BCUT2D eigenvalue weighted by atomic mass is 16.2. The Morgan fingerprint density at radius 1 is 1.22 bits per heavy atom. The molecule has 0 spiro atoms. The molecule has 1 aromatic carbocycles. The first-order valence-electron chi connectivity index (χ1n) is 8.56. The van der Waals surface area contributed by atoms with Crippen molar-refractivity contribution in [3.8, 4) is 11.3 Å². The van der Waals surface area contributed by atoms with Gasteiger partial charge in [0.2, 0.25) is 5.91 Å². The van der Waals surface area contributed by atoms with Crippen molar-refractivity contribution >= 4 is 5.91 Å². The van der Waals surface area contributed by atoms with E-state index in [4.69, 9.17) is 0 Å². The van der Waals surface area contributed by atoms with Crippen LogP contribution in [0.15, 0.2) is 30.3 Å². The van der Waals surface area contributed by atoms with Crippen LogP contribution in [0.2, 0.25) is 0 Å². The van der Waals surface area contributed by atoms with Crippen LogP contribution in [0.1, 0.15) is 37.9 Å². The molecule has 1 saturated carbocycles. The van der Waals surface area contributed by atoms with Gasteiger partial charge in [-0.25, -0.2) is 4.68 Å². The van der Waals surface area contributed by atoms with E-state index >= 15 is 0 Å². The van der Waals surface area contributed by atoms with Crippen molar-refractivity contribution in [2.45, 2.75) is 38.6 Å². The summed E-state index contributed by atoms with van der Waals surface area (Å²) in [5.41, 5.74) is 3.29. The molecule has 1 unspecified atom stereocenters. The monoisotopic (exact) mass is 310 g/mol. The molecular formula is C18H22N4O. The standard InChI is InChI=1S/C18H22N4O/c1-2-16-17(13-6-4-3-5-7-13)22(20-19-16)15-10-11-21(12-15)18(23)14-8-9-14/h3-7,14-15H,2,8-12H2,1H3. The Labute approximate surface area is 136 Å². The van der Waals surface area contributed by atoms with Gasteiger partial charge < -0.3 is 4.90 Å². The molecule has 1 aliphatic heterocycles. The van der Waals surface area contributed by atoms with Crippen molar-refractivity contribution in [3.05, 3.63) is 36.0 Å². The molecule has 1 aliphatic carbocycles. The third-order valence-corrected chi connectivity index (χ3v) is 4.89. The topological polar surface area (TPSA) is 51.0 Å². The summed E-state index contributed by atoms with van der Waals surface area (Å²) >= 11 is 0. The van der Waals surface area contributed by atoms with E-state index in [1.54, 1.807) is 0 Å². The third kappa shape index (κ3) is 2.64. The minimum Gasteiger partial charge on any atom is -0.340 e. The molecule has 1 amide bonds. The fourth-order valence-electron chi connectivity index (χ4n) is 3.45. The zero-order valence-electron chi connectivity index (χ0n) is 13.5. The van der Waals surface area contributed by atoms with E-state index in [2.05, 4.69) is 29.4 Å². The van der Waals surface area contributed by atoms with Crippen LogP contribution in [0.4, 0.5) is 0 Å². The molecule has 4 rings (SSSR count). The van der Waals surface area contributed by atoms with Gasteiger partial charge in [-0.3, -0.25) is 4.79 Å². The number of aromatic nitrogens is 3. The summed E-state index contributed by atoms with van der Waals surface area (Å²) in [6, 6.07) is 10.6. The molecule has 0 bridgehead atoms. The van der Waals surface area contributed by atoms with Crippen molar-refractivity contribution in [1.29, 1.82) is 0 Å². The molecule has 5 nitrogen and oxygen atoms in total. The van der Waals surface area contributed by atoms with Gasteiger partial charge in [-0.05, 0) is 25.7 Å². The van der Waals surface area contributed by atoms with E-state index in [9.17, 15) is 4.79 Å². The number of nitrogens with zero attached hydrogens (tertiary/aromatic N) is 4. The predicted molar refractivity (Wildman–Crippen MR) is 87.8 cm³/mol. The number of likely N-dealkylation sites (tertiary alicyclic amines) is 1. The molecule has 2 heterocycles. The lowest BCUT2D eigenvalue weighted by atomic mass is 10.1. The van der Waals surface area contributed by atoms with Gasteiger partial charge in [-0.2, -0.15) is 0 Å². The van der Waals surface area contributed by atoms with E-state index in [0.717, 1.165) is 55.7 Å². The van der Waals surface area contributed by atoms with E-state index < -0.39 is 0 Å². The van der Waals surface area contributed by atoms with Gasteiger partial charge in [-0.15, -0.1) is 5.10 Å². The summed E-state index contributed by atoms with van der Waals surface area (Å²) in [7, 11) is 0. The molecule has 1 atom stereocenters. The fraction of sp³-hybridized carbons (Fsp3) is 0.500. The summed E-state index contributed by atoms with van der Waals surface area (Å²) < 4.78 is 2.05. The summed E-state index contributed by atoms with van der Waals surface area (Å²) in [6.45, 7) is 3.72. The Balaban J connectivity index is 1.62. The minimum atomic E-state index is 0.237. The van der Waals surface area contributed by atoms with Crippen LogP contribution in [0.5, 0.6) is 0 Å². The molecule has 2 fully saturated rings. The normalized spacial score (nSPS) is 20.9. The maximum Gasteiger partial charge on any atom is 0.225 e.